The Labute approximate surface area is 85.5 Å². The Kier molecular flexibility index (Phi) is 1.96. The molecule has 0 aromatic heterocycles. The maximum Gasteiger partial charge on any atom is 0.0655 e. The molecule has 0 amide bonds. The molecule has 1 aromatic rings. The lowest BCUT2D eigenvalue weighted by molar-refractivity contribution is 0.974. The van der Waals surface area contributed by atoms with E-state index in [1.165, 1.54) is 0 Å². The maximum absolute atomic E-state index is 4.13. The Balaban J connectivity index is 2.66. The number of hydrogen-bond acceptors (Lipinski definition) is 2. The zero-order valence-electron chi connectivity index (χ0n) is 7.26. The lowest BCUT2D eigenvalue weighted by Crippen LogP contribution is -2.16. The molecule has 66 valence electrons. The van der Waals surface area contributed by atoms with E-state index in [0.717, 1.165) is 27.0 Å². The van der Waals surface area contributed by atoms with Crippen molar-refractivity contribution < 1.29 is 0 Å². The summed E-state index contributed by atoms with van der Waals surface area (Å²) >= 11 is 3.43. The van der Waals surface area contributed by atoms with E-state index in [2.05, 4.69) is 33.0 Å². The second-order valence-corrected chi connectivity index (χ2v) is 3.89. The molecule has 0 fully saturated rings. The number of nitrogens with zero attached hydrogens (tertiary/aromatic N) is 1. The molecule has 0 unspecified atom stereocenters. The number of halogens is 1. The zero-order valence-corrected chi connectivity index (χ0v) is 8.85. The first-order chi connectivity index (χ1) is 6.18. The van der Waals surface area contributed by atoms with Crippen LogP contribution in [0.3, 0.4) is 0 Å². The Morgan fingerprint density at radius 2 is 2.15 bits per heavy atom. The molecule has 2 nitrogen and oxygen atoms in total. The van der Waals surface area contributed by atoms with E-state index in [1.54, 1.807) is 0 Å². The van der Waals surface area contributed by atoms with Gasteiger partial charge in [0.15, 0.2) is 0 Å². The van der Waals surface area contributed by atoms with Crippen LogP contribution in [0, 0.1) is 0 Å². The molecule has 13 heavy (non-hydrogen) atoms. The van der Waals surface area contributed by atoms with Crippen molar-refractivity contribution in [2.75, 3.05) is 0 Å². The van der Waals surface area contributed by atoms with Gasteiger partial charge in [-0.25, -0.2) is 0 Å². The van der Waals surface area contributed by atoms with Crippen molar-refractivity contribution in [3.63, 3.8) is 0 Å². The molecule has 1 heterocycles. The highest BCUT2D eigenvalue weighted by atomic mass is 79.9. The molecule has 1 aromatic carbocycles. The van der Waals surface area contributed by atoms with Crippen molar-refractivity contribution in [1.29, 1.82) is 0 Å². The molecule has 2 rings (SSSR count). The lowest BCUT2D eigenvalue weighted by Gasteiger charge is -2.17. The fourth-order valence-electron chi connectivity index (χ4n) is 1.35. The van der Waals surface area contributed by atoms with E-state index in [1.807, 2.05) is 25.1 Å². The van der Waals surface area contributed by atoms with Crippen molar-refractivity contribution in [1.82, 2.24) is 5.43 Å². The first-order valence-corrected chi connectivity index (χ1v) is 4.77. The van der Waals surface area contributed by atoms with E-state index >= 15 is 0 Å². The van der Waals surface area contributed by atoms with E-state index in [-0.39, 0.29) is 0 Å². The van der Waals surface area contributed by atoms with Gasteiger partial charge in [-0.05, 0) is 19.1 Å². The Bertz CT molecular complexity index is 407. The van der Waals surface area contributed by atoms with Crippen LogP contribution >= 0.6 is 15.9 Å². The molecule has 0 atom stereocenters. The van der Waals surface area contributed by atoms with Gasteiger partial charge in [0.25, 0.3) is 0 Å². The van der Waals surface area contributed by atoms with E-state index < -0.39 is 0 Å². The molecule has 0 saturated heterocycles. The molecule has 1 aliphatic heterocycles. The number of rotatable bonds is 0. The van der Waals surface area contributed by atoms with Gasteiger partial charge in [-0.1, -0.05) is 28.6 Å². The third-order valence-electron chi connectivity index (χ3n) is 2.06. The van der Waals surface area contributed by atoms with E-state index in [0.29, 0.717) is 0 Å². The second-order valence-electron chi connectivity index (χ2n) is 2.98. The minimum absolute atomic E-state index is 0.849. The molecule has 0 bridgehead atoms. The van der Waals surface area contributed by atoms with Gasteiger partial charge in [0.05, 0.1) is 11.4 Å². The summed E-state index contributed by atoms with van der Waals surface area (Å²) in [6, 6.07) is 6.10. The minimum Gasteiger partial charge on any atom is -0.278 e. The predicted molar refractivity (Wildman–Crippen MR) is 58.5 cm³/mol. The maximum atomic E-state index is 4.13. The van der Waals surface area contributed by atoms with Crippen molar-refractivity contribution in [2.24, 2.45) is 5.10 Å². The molecular weight excluding hydrogens is 228 g/mol. The summed E-state index contributed by atoms with van der Waals surface area (Å²) in [5.41, 5.74) is 6.99. The SMILES string of the molecule is C=C1NN=C(C)c2ccc(Br)cc21. The van der Waals surface area contributed by atoms with Crippen molar-refractivity contribution >= 4 is 27.3 Å². The van der Waals surface area contributed by atoms with Crippen molar-refractivity contribution in [3.8, 4) is 0 Å². The molecule has 0 saturated carbocycles. The predicted octanol–water partition coefficient (Wildman–Crippen LogP) is 2.75. The normalized spacial score (nSPS) is 14.6. The Morgan fingerprint density at radius 3 is 2.92 bits per heavy atom. The number of fused-ring (bicyclic) bond motifs is 1. The summed E-state index contributed by atoms with van der Waals surface area (Å²) in [6.45, 7) is 5.87. The molecule has 1 N–H and O–H groups in total. The lowest BCUT2D eigenvalue weighted by atomic mass is 10.0. The van der Waals surface area contributed by atoms with Crippen LogP contribution in [-0.2, 0) is 0 Å². The van der Waals surface area contributed by atoms with Crippen LogP contribution in [0.5, 0.6) is 0 Å². The van der Waals surface area contributed by atoms with Gasteiger partial charge in [0, 0.05) is 15.6 Å². The van der Waals surface area contributed by atoms with Gasteiger partial charge in [0.1, 0.15) is 0 Å². The minimum atomic E-state index is 0.849. The summed E-state index contributed by atoms with van der Waals surface area (Å²) in [4.78, 5) is 0. The number of hydrazone groups is 1. The molecule has 3 heteroatoms. The van der Waals surface area contributed by atoms with E-state index in [4.69, 9.17) is 0 Å². The Morgan fingerprint density at radius 1 is 1.38 bits per heavy atom. The first kappa shape index (κ1) is 8.51. The third-order valence-corrected chi connectivity index (χ3v) is 2.55. The van der Waals surface area contributed by atoms with Crippen LogP contribution in [0.1, 0.15) is 18.1 Å². The Hall–Kier alpha value is -1.09. The zero-order chi connectivity index (χ0) is 9.42. The van der Waals surface area contributed by atoms with Crippen LogP contribution in [0.25, 0.3) is 5.70 Å². The van der Waals surface area contributed by atoms with Crippen LogP contribution in [-0.4, -0.2) is 5.71 Å². The highest BCUT2D eigenvalue weighted by molar-refractivity contribution is 9.10. The standard InChI is InChI=1S/C10H9BrN2/c1-6-9-4-3-8(11)5-10(9)7(2)13-12-6/h3-5,13H,2H2,1H3. The van der Waals surface area contributed by atoms with Crippen LogP contribution in [0.2, 0.25) is 0 Å². The molecule has 0 aliphatic carbocycles. The fraction of sp³-hybridized carbons (Fsp3) is 0.100. The summed E-state index contributed by atoms with van der Waals surface area (Å²) in [5.74, 6) is 0. The summed E-state index contributed by atoms with van der Waals surface area (Å²) < 4.78 is 1.06. The van der Waals surface area contributed by atoms with Gasteiger partial charge < -0.3 is 0 Å². The van der Waals surface area contributed by atoms with E-state index in [9.17, 15) is 0 Å². The molecule has 1 aliphatic rings. The molecule has 0 spiro atoms. The van der Waals surface area contributed by atoms with Gasteiger partial charge in [-0.15, -0.1) is 0 Å². The average Bonchev–Trinajstić information content (AvgIpc) is 2.12. The highest BCUT2D eigenvalue weighted by Crippen LogP contribution is 2.24. The van der Waals surface area contributed by atoms with Gasteiger partial charge in [-0.3, -0.25) is 5.43 Å². The number of hydrogen-bond donors (Lipinski definition) is 1. The summed E-state index contributed by atoms with van der Waals surface area (Å²) in [5, 5.41) is 4.13. The van der Waals surface area contributed by atoms with Crippen LogP contribution in [0.4, 0.5) is 0 Å². The van der Waals surface area contributed by atoms with Crippen LogP contribution in [0.15, 0.2) is 34.4 Å². The quantitative estimate of drug-likeness (QED) is 0.737. The second kappa shape index (κ2) is 3.00. The van der Waals surface area contributed by atoms with Gasteiger partial charge in [0.2, 0.25) is 0 Å². The van der Waals surface area contributed by atoms with Crippen molar-refractivity contribution in [3.05, 3.63) is 40.4 Å². The first-order valence-electron chi connectivity index (χ1n) is 3.98. The smallest absolute Gasteiger partial charge is 0.0655 e. The summed E-state index contributed by atoms with van der Waals surface area (Å²) in [7, 11) is 0. The third kappa shape index (κ3) is 1.40. The number of nitrogens with one attached hydrogen (secondary N) is 1. The fourth-order valence-corrected chi connectivity index (χ4v) is 1.71. The topological polar surface area (TPSA) is 24.4 Å². The monoisotopic (exact) mass is 236 g/mol. The highest BCUT2D eigenvalue weighted by Gasteiger charge is 2.13. The van der Waals surface area contributed by atoms with Gasteiger partial charge >= 0.3 is 0 Å². The molecular formula is C10H9BrN2. The van der Waals surface area contributed by atoms with Crippen LogP contribution < -0.4 is 5.43 Å². The molecule has 0 radical (unpaired) electrons. The van der Waals surface area contributed by atoms with Crippen molar-refractivity contribution in [2.45, 2.75) is 6.92 Å². The largest absolute Gasteiger partial charge is 0.278 e. The average molecular weight is 237 g/mol. The summed E-state index contributed by atoms with van der Waals surface area (Å²) in [6.07, 6.45) is 0. The number of benzene rings is 1. The van der Waals surface area contributed by atoms with Gasteiger partial charge in [-0.2, -0.15) is 5.10 Å².